The number of fused-ring (bicyclic) bond motifs is 1. The van der Waals surface area contributed by atoms with Crippen molar-refractivity contribution in [3.05, 3.63) is 17.3 Å². The molecule has 1 N–H and O–H groups in total. The van der Waals surface area contributed by atoms with Crippen molar-refractivity contribution >= 4 is 28.1 Å². The maximum Gasteiger partial charge on any atom is 0.194 e. The molecule has 1 aliphatic rings. The lowest BCUT2D eigenvalue weighted by atomic mass is 10.3. The van der Waals surface area contributed by atoms with Crippen LogP contribution in [0.25, 0.3) is 4.96 Å². The topological polar surface area (TPSA) is 38.6 Å². The molecule has 1 aliphatic heterocycles. The highest BCUT2D eigenvalue weighted by Crippen LogP contribution is 2.31. The second-order valence-corrected chi connectivity index (χ2v) is 6.89. The van der Waals surface area contributed by atoms with Gasteiger partial charge in [0.2, 0.25) is 0 Å². The summed E-state index contributed by atoms with van der Waals surface area (Å²) in [4.78, 5) is 5.80. The van der Waals surface area contributed by atoms with Gasteiger partial charge in [-0.2, -0.15) is 0 Å². The van der Waals surface area contributed by atoms with Crippen molar-refractivity contribution in [2.24, 2.45) is 0 Å². The van der Waals surface area contributed by atoms with Crippen molar-refractivity contribution in [3.63, 3.8) is 0 Å². The first-order chi connectivity index (χ1) is 8.74. The smallest absolute Gasteiger partial charge is 0.194 e. The van der Waals surface area contributed by atoms with Crippen molar-refractivity contribution in [1.29, 1.82) is 0 Å². The van der Waals surface area contributed by atoms with E-state index in [-0.39, 0.29) is 0 Å². The molecule has 0 bridgehead atoms. The average Bonchev–Trinajstić information content (AvgIpc) is 2.80. The predicted octanol–water partition coefficient (Wildman–Crippen LogP) is 2.38. The fraction of sp³-hybridized carbons (Fsp3) is 0.583. The SMILES string of the molecule is CC(C)NCc1c(SC2COC2)nc2sccn12. The Morgan fingerprint density at radius 2 is 2.44 bits per heavy atom. The van der Waals surface area contributed by atoms with Gasteiger partial charge in [0.15, 0.2) is 4.96 Å². The number of hydrogen-bond donors (Lipinski definition) is 1. The minimum Gasteiger partial charge on any atom is -0.379 e. The summed E-state index contributed by atoms with van der Waals surface area (Å²) in [6.07, 6.45) is 2.10. The van der Waals surface area contributed by atoms with Gasteiger partial charge < -0.3 is 10.1 Å². The van der Waals surface area contributed by atoms with Crippen molar-refractivity contribution in [3.8, 4) is 0 Å². The van der Waals surface area contributed by atoms with Crippen molar-refractivity contribution in [1.82, 2.24) is 14.7 Å². The van der Waals surface area contributed by atoms with E-state index in [0.29, 0.717) is 11.3 Å². The van der Waals surface area contributed by atoms with E-state index in [2.05, 4.69) is 35.1 Å². The molecule has 0 spiro atoms. The lowest BCUT2D eigenvalue weighted by molar-refractivity contribution is 0.0454. The Morgan fingerprint density at radius 1 is 1.61 bits per heavy atom. The normalized spacial score (nSPS) is 16.6. The first kappa shape index (κ1) is 12.5. The van der Waals surface area contributed by atoms with Crippen LogP contribution in [0.2, 0.25) is 0 Å². The quantitative estimate of drug-likeness (QED) is 0.914. The zero-order valence-electron chi connectivity index (χ0n) is 10.5. The largest absolute Gasteiger partial charge is 0.379 e. The molecular weight excluding hydrogens is 266 g/mol. The molecule has 18 heavy (non-hydrogen) atoms. The Labute approximate surface area is 115 Å². The van der Waals surface area contributed by atoms with Gasteiger partial charge in [-0.15, -0.1) is 11.3 Å². The number of imidazole rings is 1. The summed E-state index contributed by atoms with van der Waals surface area (Å²) in [6, 6.07) is 0.485. The summed E-state index contributed by atoms with van der Waals surface area (Å²) >= 11 is 3.54. The van der Waals surface area contributed by atoms with E-state index in [1.54, 1.807) is 11.3 Å². The lowest BCUT2D eigenvalue weighted by Gasteiger charge is -2.24. The van der Waals surface area contributed by atoms with Crippen LogP contribution in [0.4, 0.5) is 0 Å². The molecule has 1 saturated heterocycles. The van der Waals surface area contributed by atoms with Gasteiger partial charge in [-0.3, -0.25) is 4.40 Å². The van der Waals surface area contributed by atoms with Crippen LogP contribution in [-0.4, -0.2) is 33.9 Å². The van der Waals surface area contributed by atoms with Crippen LogP contribution in [0.5, 0.6) is 0 Å². The average molecular weight is 283 g/mol. The van der Waals surface area contributed by atoms with Crippen molar-refractivity contribution < 1.29 is 4.74 Å². The van der Waals surface area contributed by atoms with E-state index in [0.717, 1.165) is 29.7 Å². The van der Waals surface area contributed by atoms with Crippen LogP contribution in [0.3, 0.4) is 0 Å². The maximum atomic E-state index is 5.23. The summed E-state index contributed by atoms with van der Waals surface area (Å²) in [6.45, 7) is 6.90. The number of ether oxygens (including phenoxy) is 1. The monoisotopic (exact) mass is 283 g/mol. The summed E-state index contributed by atoms with van der Waals surface area (Å²) in [7, 11) is 0. The second-order valence-electron chi connectivity index (χ2n) is 4.73. The Kier molecular flexibility index (Phi) is 3.61. The third-order valence-corrected chi connectivity index (χ3v) is 4.80. The minimum atomic E-state index is 0.485. The van der Waals surface area contributed by atoms with Gasteiger partial charge in [0.25, 0.3) is 0 Å². The van der Waals surface area contributed by atoms with Gasteiger partial charge in [0, 0.05) is 24.2 Å². The Hall–Kier alpha value is -0.560. The van der Waals surface area contributed by atoms with Gasteiger partial charge in [-0.1, -0.05) is 25.6 Å². The molecule has 4 nitrogen and oxygen atoms in total. The second kappa shape index (κ2) is 5.21. The van der Waals surface area contributed by atoms with Crippen molar-refractivity contribution in [2.75, 3.05) is 13.2 Å². The highest BCUT2D eigenvalue weighted by molar-refractivity contribution is 8.00. The molecule has 2 aromatic rings. The number of rotatable bonds is 5. The Bertz CT molecular complexity index is 530. The van der Waals surface area contributed by atoms with E-state index >= 15 is 0 Å². The number of nitrogens with zero attached hydrogens (tertiary/aromatic N) is 2. The molecule has 6 heteroatoms. The molecule has 0 aliphatic carbocycles. The number of aromatic nitrogens is 2. The molecule has 1 fully saturated rings. The number of nitrogens with one attached hydrogen (secondary N) is 1. The molecule has 0 unspecified atom stereocenters. The number of thiazole rings is 1. The van der Waals surface area contributed by atoms with E-state index in [9.17, 15) is 0 Å². The van der Waals surface area contributed by atoms with Gasteiger partial charge in [0.05, 0.1) is 24.2 Å². The fourth-order valence-electron chi connectivity index (χ4n) is 1.81. The van der Waals surface area contributed by atoms with E-state index < -0.39 is 0 Å². The molecule has 98 valence electrons. The molecule has 3 rings (SSSR count). The minimum absolute atomic E-state index is 0.485. The Balaban J connectivity index is 1.85. The van der Waals surface area contributed by atoms with Gasteiger partial charge >= 0.3 is 0 Å². The summed E-state index contributed by atoms with van der Waals surface area (Å²) < 4.78 is 7.43. The summed E-state index contributed by atoms with van der Waals surface area (Å²) in [5.74, 6) is 0. The standard InChI is InChI=1S/C12H17N3OS2/c1-8(2)13-5-10-11(18-9-6-16-7-9)14-12-15(10)3-4-17-12/h3-4,8-9,13H,5-7H2,1-2H3. The van der Waals surface area contributed by atoms with Gasteiger partial charge in [-0.25, -0.2) is 4.98 Å². The molecule has 2 aromatic heterocycles. The number of thioether (sulfide) groups is 1. The third kappa shape index (κ3) is 2.42. The molecule has 0 amide bonds. The van der Waals surface area contributed by atoms with Crippen LogP contribution in [-0.2, 0) is 11.3 Å². The number of hydrogen-bond acceptors (Lipinski definition) is 5. The van der Waals surface area contributed by atoms with E-state index in [1.165, 1.54) is 5.69 Å². The zero-order valence-corrected chi connectivity index (χ0v) is 12.2. The van der Waals surface area contributed by atoms with E-state index in [4.69, 9.17) is 9.72 Å². The first-order valence-corrected chi connectivity index (χ1v) is 7.92. The summed E-state index contributed by atoms with van der Waals surface area (Å²) in [5.41, 5.74) is 1.27. The molecule has 0 saturated carbocycles. The molecule has 0 radical (unpaired) electrons. The van der Waals surface area contributed by atoms with E-state index in [1.807, 2.05) is 11.8 Å². The lowest BCUT2D eigenvalue weighted by Crippen LogP contribution is -2.30. The zero-order chi connectivity index (χ0) is 12.5. The Morgan fingerprint density at radius 3 is 3.11 bits per heavy atom. The molecule has 0 atom stereocenters. The predicted molar refractivity (Wildman–Crippen MR) is 75.5 cm³/mol. The highest BCUT2D eigenvalue weighted by atomic mass is 32.2. The van der Waals surface area contributed by atoms with Crippen LogP contribution in [0.1, 0.15) is 19.5 Å². The first-order valence-electron chi connectivity index (χ1n) is 6.16. The third-order valence-electron chi connectivity index (χ3n) is 2.89. The van der Waals surface area contributed by atoms with Gasteiger partial charge in [-0.05, 0) is 0 Å². The molecule has 0 aromatic carbocycles. The van der Waals surface area contributed by atoms with Crippen molar-refractivity contribution in [2.45, 2.75) is 36.7 Å². The van der Waals surface area contributed by atoms with Crippen LogP contribution in [0.15, 0.2) is 16.6 Å². The van der Waals surface area contributed by atoms with Crippen LogP contribution >= 0.6 is 23.1 Å². The van der Waals surface area contributed by atoms with Gasteiger partial charge in [0.1, 0.15) is 5.03 Å². The molecular formula is C12H17N3OS2. The molecule has 3 heterocycles. The van der Waals surface area contributed by atoms with Crippen LogP contribution < -0.4 is 5.32 Å². The highest BCUT2D eigenvalue weighted by Gasteiger charge is 2.23. The summed E-state index contributed by atoms with van der Waals surface area (Å²) in [5, 5.41) is 7.30. The fourth-order valence-corrected chi connectivity index (χ4v) is 3.69. The maximum absolute atomic E-state index is 5.23. The van der Waals surface area contributed by atoms with Crippen LogP contribution in [0, 0.1) is 0 Å².